The Labute approximate surface area is 336 Å². The summed E-state index contributed by atoms with van der Waals surface area (Å²) >= 11 is 0. The standard InChI is InChI=1S/C50H88O4/c1-3-5-7-9-11-13-15-17-19-21-23-25-26-27-29-31-33-35-37-39-41-43-45-50(52)54-49(47-51)48-53-46-44-42-40-38-36-34-32-30-28-24-22-20-18-16-14-12-10-8-6-4-2/h6,8,12,14,18,20,24,28,32,34,38,40,49,51H,3-5,7,9-11,13,15-17,19,21-23,25-27,29-31,33,35-37,39,41-48H2,1-2H3/b8-6-,14-12-,20-18-,28-24-,34-32-,40-38-. The molecule has 0 rings (SSSR count). The second-order valence-electron chi connectivity index (χ2n) is 15.1. The first kappa shape index (κ1) is 51.8. The monoisotopic (exact) mass is 753 g/mol. The van der Waals surface area contributed by atoms with E-state index in [1.807, 2.05) is 0 Å². The maximum Gasteiger partial charge on any atom is 0.306 e. The minimum Gasteiger partial charge on any atom is -0.457 e. The number of esters is 1. The summed E-state index contributed by atoms with van der Waals surface area (Å²) < 4.78 is 11.1. The highest BCUT2D eigenvalue weighted by atomic mass is 16.6. The fraction of sp³-hybridized carbons (Fsp3) is 0.740. The van der Waals surface area contributed by atoms with E-state index >= 15 is 0 Å². The highest BCUT2D eigenvalue weighted by Crippen LogP contribution is 2.16. The number of carbonyl (C=O) groups is 1. The highest BCUT2D eigenvalue weighted by Gasteiger charge is 2.13. The van der Waals surface area contributed by atoms with Crippen LogP contribution >= 0.6 is 0 Å². The van der Waals surface area contributed by atoms with Crippen LogP contribution in [0.3, 0.4) is 0 Å². The zero-order chi connectivity index (χ0) is 39.1. The number of aliphatic hydroxyl groups excluding tert-OH is 1. The van der Waals surface area contributed by atoms with Gasteiger partial charge in [-0.15, -0.1) is 0 Å². The molecule has 0 bridgehead atoms. The second-order valence-corrected chi connectivity index (χ2v) is 15.1. The molecule has 0 aliphatic rings. The maximum absolute atomic E-state index is 12.2. The van der Waals surface area contributed by atoms with Gasteiger partial charge < -0.3 is 14.6 Å². The lowest BCUT2D eigenvalue weighted by atomic mass is 10.0. The zero-order valence-corrected chi connectivity index (χ0v) is 35.7. The molecular formula is C50H88O4. The van der Waals surface area contributed by atoms with Gasteiger partial charge in [0.25, 0.3) is 0 Å². The lowest BCUT2D eigenvalue weighted by Crippen LogP contribution is -2.27. The summed E-state index contributed by atoms with van der Waals surface area (Å²) in [5, 5.41) is 9.61. The molecule has 0 saturated carbocycles. The Bertz CT molecular complexity index is 927. The van der Waals surface area contributed by atoms with Gasteiger partial charge in [-0.1, -0.05) is 222 Å². The molecule has 0 aromatic carbocycles. The number of hydrogen-bond acceptors (Lipinski definition) is 4. The van der Waals surface area contributed by atoms with E-state index < -0.39 is 6.10 Å². The van der Waals surface area contributed by atoms with E-state index in [0.29, 0.717) is 13.0 Å². The van der Waals surface area contributed by atoms with Crippen molar-refractivity contribution in [1.82, 2.24) is 0 Å². The number of allylic oxidation sites excluding steroid dienone is 12. The molecule has 4 heteroatoms. The molecule has 1 N–H and O–H groups in total. The zero-order valence-electron chi connectivity index (χ0n) is 35.7. The molecule has 0 spiro atoms. The van der Waals surface area contributed by atoms with Gasteiger partial charge in [-0.05, 0) is 57.8 Å². The lowest BCUT2D eigenvalue weighted by molar-refractivity contribution is -0.154. The van der Waals surface area contributed by atoms with E-state index in [-0.39, 0.29) is 19.2 Å². The predicted octanol–water partition coefficient (Wildman–Crippen LogP) is 15.4. The Morgan fingerprint density at radius 1 is 0.463 bits per heavy atom. The summed E-state index contributed by atoms with van der Waals surface area (Å²) in [6, 6.07) is 0. The molecule has 0 saturated heterocycles. The van der Waals surface area contributed by atoms with Crippen LogP contribution in [0.2, 0.25) is 0 Å². The smallest absolute Gasteiger partial charge is 0.306 e. The van der Waals surface area contributed by atoms with Crippen molar-refractivity contribution in [2.24, 2.45) is 0 Å². The molecule has 0 aliphatic carbocycles. The molecule has 1 atom stereocenters. The number of carbonyl (C=O) groups excluding carboxylic acids is 1. The van der Waals surface area contributed by atoms with Crippen LogP contribution < -0.4 is 0 Å². The Balaban J connectivity index is 3.50. The molecule has 54 heavy (non-hydrogen) atoms. The van der Waals surface area contributed by atoms with Crippen molar-refractivity contribution in [3.05, 3.63) is 72.9 Å². The van der Waals surface area contributed by atoms with Crippen LogP contribution in [0.25, 0.3) is 0 Å². The SMILES string of the molecule is CC/C=C\C/C=C\C/C=C\C/C=C\C/C=C\C/C=C\CCCOCC(CO)OC(=O)CCCCCCCCCCCCCCCCCCCCCCCC. The van der Waals surface area contributed by atoms with Gasteiger partial charge in [0.05, 0.1) is 13.2 Å². The van der Waals surface area contributed by atoms with Crippen LogP contribution in [-0.4, -0.2) is 37.0 Å². The van der Waals surface area contributed by atoms with E-state index in [4.69, 9.17) is 9.47 Å². The van der Waals surface area contributed by atoms with Gasteiger partial charge in [-0.25, -0.2) is 0 Å². The summed E-state index contributed by atoms with van der Waals surface area (Å²) in [4.78, 5) is 12.2. The third kappa shape index (κ3) is 44.2. The van der Waals surface area contributed by atoms with Gasteiger partial charge in [0, 0.05) is 13.0 Å². The normalized spacial score (nSPS) is 13.0. The van der Waals surface area contributed by atoms with Gasteiger partial charge in [0.2, 0.25) is 0 Å². The van der Waals surface area contributed by atoms with E-state index in [2.05, 4.69) is 86.8 Å². The fourth-order valence-corrected chi connectivity index (χ4v) is 6.40. The number of unbranched alkanes of at least 4 members (excludes halogenated alkanes) is 22. The van der Waals surface area contributed by atoms with Gasteiger partial charge in [0.15, 0.2) is 0 Å². The minimum absolute atomic E-state index is 0.196. The number of rotatable bonds is 42. The first-order valence-corrected chi connectivity index (χ1v) is 23.0. The average molecular weight is 753 g/mol. The molecule has 1 unspecified atom stereocenters. The van der Waals surface area contributed by atoms with Crippen molar-refractivity contribution in [2.75, 3.05) is 19.8 Å². The van der Waals surface area contributed by atoms with Crippen LogP contribution in [-0.2, 0) is 14.3 Å². The van der Waals surface area contributed by atoms with Crippen LogP contribution in [0.4, 0.5) is 0 Å². The number of ether oxygens (including phenoxy) is 2. The molecule has 0 amide bonds. The van der Waals surface area contributed by atoms with Crippen LogP contribution in [0, 0.1) is 0 Å². The number of hydrogen-bond donors (Lipinski definition) is 1. The maximum atomic E-state index is 12.2. The molecule has 0 aromatic rings. The molecule has 0 radical (unpaired) electrons. The van der Waals surface area contributed by atoms with Gasteiger partial charge >= 0.3 is 5.97 Å². The molecule has 312 valence electrons. The number of aliphatic hydroxyl groups is 1. The fourth-order valence-electron chi connectivity index (χ4n) is 6.40. The molecule has 0 heterocycles. The van der Waals surface area contributed by atoms with Gasteiger partial charge in [0.1, 0.15) is 6.10 Å². The average Bonchev–Trinajstić information content (AvgIpc) is 3.18. The van der Waals surface area contributed by atoms with Crippen LogP contribution in [0.5, 0.6) is 0 Å². The first-order valence-electron chi connectivity index (χ1n) is 23.0. The van der Waals surface area contributed by atoms with E-state index in [1.165, 1.54) is 128 Å². The molecule has 0 fully saturated rings. The van der Waals surface area contributed by atoms with E-state index in [1.54, 1.807) is 0 Å². The summed E-state index contributed by atoms with van der Waals surface area (Å²) in [7, 11) is 0. The van der Waals surface area contributed by atoms with Crippen molar-refractivity contribution in [3.63, 3.8) is 0 Å². The molecule has 0 aromatic heterocycles. The lowest BCUT2D eigenvalue weighted by Gasteiger charge is -2.15. The van der Waals surface area contributed by atoms with Crippen LogP contribution in [0.1, 0.15) is 213 Å². The van der Waals surface area contributed by atoms with E-state index in [9.17, 15) is 9.90 Å². The van der Waals surface area contributed by atoms with Crippen molar-refractivity contribution in [1.29, 1.82) is 0 Å². The van der Waals surface area contributed by atoms with Gasteiger partial charge in [-0.2, -0.15) is 0 Å². The Kier molecular flexibility index (Phi) is 45.1. The topological polar surface area (TPSA) is 55.8 Å². The third-order valence-electron chi connectivity index (χ3n) is 9.80. The van der Waals surface area contributed by atoms with Crippen molar-refractivity contribution < 1.29 is 19.4 Å². The molecule has 0 aliphatic heterocycles. The summed E-state index contributed by atoms with van der Waals surface area (Å²) in [6.45, 7) is 5.11. The van der Waals surface area contributed by atoms with E-state index in [0.717, 1.165) is 64.2 Å². The Hall–Kier alpha value is -2.17. The highest BCUT2D eigenvalue weighted by molar-refractivity contribution is 5.69. The largest absolute Gasteiger partial charge is 0.457 e. The van der Waals surface area contributed by atoms with Gasteiger partial charge in [-0.3, -0.25) is 4.79 Å². The van der Waals surface area contributed by atoms with Crippen molar-refractivity contribution >= 4 is 5.97 Å². The molecule has 4 nitrogen and oxygen atoms in total. The summed E-state index contributed by atoms with van der Waals surface area (Å²) in [5.74, 6) is -0.219. The Morgan fingerprint density at radius 2 is 0.815 bits per heavy atom. The predicted molar refractivity (Wildman–Crippen MR) is 237 cm³/mol. The third-order valence-corrected chi connectivity index (χ3v) is 9.80. The van der Waals surface area contributed by atoms with Crippen LogP contribution in [0.15, 0.2) is 72.9 Å². The first-order chi connectivity index (χ1) is 26.7. The summed E-state index contributed by atoms with van der Waals surface area (Å²) in [5.41, 5.74) is 0. The minimum atomic E-state index is -0.567. The van der Waals surface area contributed by atoms with Crippen molar-refractivity contribution in [2.45, 2.75) is 219 Å². The second kappa shape index (κ2) is 47.0. The quantitative estimate of drug-likeness (QED) is 0.0383. The summed E-state index contributed by atoms with van der Waals surface area (Å²) in [6.07, 6.45) is 64.1. The molecular weight excluding hydrogens is 665 g/mol. The Morgan fingerprint density at radius 3 is 1.19 bits per heavy atom. The van der Waals surface area contributed by atoms with Crippen molar-refractivity contribution in [3.8, 4) is 0 Å².